The van der Waals surface area contributed by atoms with Gasteiger partial charge in [0.25, 0.3) is 0 Å². The molecule has 4 nitrogen and oxygen atoms in total. The first-order chi connectivity index (χ1) is 8.33. The number of ether oxygens (including phenoxy) is 3. The molecule has 1 saturated heterocycles. The third kappa shape index (κ3) is 6.98. The minimum Gasteiger partial charge on any atom is -0.459 e. The molecule has 96 valence electrons. The van der Waals surface area contributed by atoms with Gasteiger partial charge in [-0.05, 0) is 32.1 Å². The molecular weight excluding hydrogens is 220 g/mol. The monoisotopic (exact) mass is 240 g/mol. The number of unbranched alkanes of at least 4 members (excludes halogenated alkanes) is 2. The minimum atomic E-state index is -0.475. The molecule has 0 aromatic carbocycles. The van der Waals surface area contributed by atoms with Crippen molar-refractivity contribution in [2.45, 2.75) is 44.8 Å². The summed E-state index contributed by atoms with van der Waals surface area (Å²) in [5, 5.41) is 0. The quantitative estimate of drug-likeness (QED) is 0.318. The average molecular weight is 240 g/mol. The first-order valence-electron chi connectivity index (χ1n) is 6.13. The highest BCUT2D eigenvalue weighted by molar-refractivity contribution is 5.88. The van der Waals surface area contributed by atoms with E-state index in [2.05, 4.69) is 16.6 Å². The lowest BCUT2D eigenvalue weighted by atomic mass is 10.2. The normalized spacial score (nSPS) is 19.2. The molecule has 1 aliphatic heterocycles. The Balaban J connectivity index is 1.93. The Labute approximate surface area is 103 Å². The summed E-state index contributed by atoms with van der Waals surface area (Å²) in [7, 11) is 1.33. The van der Waals surface area contributed by atoms with Gasteiger partial charge in [-0.25, -0.2) is 4.79 Å². The molecule has 1 atom stereocenters. The van der Waals surface area contributed by atoms with Crippen LogP contribution in [0.1, 0.15) is 38.5 Å². The van der Waals surface area contributed by atoms with Crippen LogP contribution in [-0.2, 0) is 19.0 Å². The van der Waals surface area contributed by atoms with E-state index >= 15 is 0 Å². The number of esters is 1. The van der Waals surface area contributed by atoms with Gasteiger partial charge in [0.1, 0.15) is 0 Å². The van der Waals surface area contributed by atoms with Crippen molar-refractivity contribution >= 4 is 5.97 Å². The average Bonchev–Trinajstić information content (AvgIpc) is 2.38. The van der Waals surface area contributed by atoms with Gasteiger partial charge < -0.3 is 14.2 Å². The fourth-order valence-electron chi connectivity index (χ4n) is 1.56. The van der Waals surface area contributed by atoms with Crippen LogP contribution in [0, 0.1) is 11.8 Å². The molecule has 17 heavy (non-hydrogen) atoms. The van der Waals surface area contributed by atoms with Crippen LogP contribution in [0.4, 0.5) is 0 Å². The van der Waals surface area contributed by atoms with Gasteiger partial charge in [-0.15, -0.1) is 0 Å². The molecule has 0 aromatic heterocycles. The summed E-state index contributed by atoms with van der Waals surface area (Å²) in [5.41, 5.74) is 0. The van der Waals surface area contributed by atoms with Crippen LogP contribution in [0.15, 0.2) is 0 Å². The number of carbonyl (C=O) groups excluding carboxylic acids is 1. The number of hydrogen-bond donors (Lipinski definition) is 0. The predicted molar refractivity (Wildman–Crippen MR) is 63.2 cm³/mol. The Hall–Kier alpha value is -1.05. The van der Waals surface area contributed by atoms with E-state index in [0.717, 1.165) is 32.3 Å². The summed E-state index contributed by atoms with van der Waals surface area (Å²) in [4.78, 5) is 10.7. The van der Waals surface area contributed by atoms with Gasteiger partial charge in [-0.1, -0.05) is 5.92 Å². The van der Waals surface area contributed by atoms with E-state index in [1.807, 2.05) is 0 Å². The minimum absolute atomic E-state index is 0.00935. The van der Waals surface area contributed by atoms with Gasteiger partial charge in [-0.2, -0.15) is 0 Å². The standard InChI is InChI=1S/C13H20O4/c1-15-12(14)8-4-2-3-6-10-16-13-9-5-7-11-17-13/h13H,2-3,5-7,9-11H2,1H3. The lowest BCUT2D eigenvalue weighted by Crippen LogP contribution is -2.22. The van der Waals surface area contributed by atoms with E-state index in [0.29, 0.717) is 13.0 Å². The second-order valence-corrected chi connectivity index (χ2v) is 3.92. The molecule has 0 bridgehead atoms. The fraction of sp³-hybridized carbons (Fsp3) is 0.769. The molecule has 1 unspecified atom stereocenters. The lowest BCUT2D eigenvalue weighted by Gasteiger charge is -2.22. The Kier molecular flexibility index (Phi) is 7.44. The van der Waals surface area contributed by atoms with Crippen molar-refractivity contribution in [2.75, 3.05) is 20.3 Å². The van der Waals surface area contributed by atoms with Crippen molar-refractivity contribution in [3.63, 3.8) is 0 Å². The molecule has 0 amide bonds. The molecule has 0 aliphatic carbocycles. The number of carbonyl (C=O) groups is 1. The maximum absolute atomic E-state index is 10.7. The summed E-state index contributed by atoms with van der Waals surface area (Å²) in [6.45, 7) is 1.51. The fourth-order valence-corrected chi connectivity index (χ4v) is 1.56. The van der Waals surface area contributed by atoms with Gasteiger partial charge >= 0.3 is 5.97 Å². The number of hydrogen-bond acceptors (Lipinski definition) is 4. The zero-order valence-electron chi connectivity index (χ0n) is 10.4. The molecule has 1 rings (SSSR count). The number of methoxy groups -OCH3 is 1. The highest BCUT2D eigenvalue weighted by Gasteiger charge is 2.12. The van der Waals surface area contributed by atoms with Crippen molar-refractivity contribution < 1.29 is 19.0 Å². The van der Waals surface area contributed by atoms with Gasteiger partial charge in [-0.3, -0.25) is 0 Å². The Morgan fingerprint density at radius 2 is 2.29 bits per heavy atom. The largest absolute Gasteiger partial charge is 0.459 e. The summed E-state index contributed by atoms with van der Waals surface area (Å²) < 4.78 is 15.4. The van der Waals surface area contributed by atoms with Crippen LogP contribution in [0.5, 0.6) is 0 Å². The molecule has 0 N–H and O–H groups in total. The van der Waals surface area contributed by atoms with Crippen LogP contribution in [0.25, 0.3) is 0 Å². The SMILES string of the molecule is COC(=O)C#CCCCCOC1CCCCO1. The summed E-state index contributed by atoms with van der Waals surface area (Å²) in [6.07, 6.45) is 5.89. The van der Waals surface area contributed by atoms with Crippen LogP contribution in [-0.4, -0.2) is 32.6 Å². The Bertz CT molecular complexity index is 271. The van der Waals surface area contributed by atoms with E-state index in [-0.39, 0.29) is 6.29 Å². The van der Waals surface area contributed by atoms with E-state index in [4.69, 9.17) is 9.47 Å². The van der Waals surface area contributed by atoms with Crippen LogP contribution >= 0.6 is 0 Å². The van der Waals surface area contributed by atoms with Crippen molar-refractivity contribution in [3.8, 4) is 11.8 Å². The van der Waals surface area contributed by atoms with Gasteiger partial charge in [0, 0.05) is 25.6 Å². The van der Waals surface area contributed by atoms with Crippen LogP contribution in [0.3, 0.4) is 0 Å². The molecule has 0 spiro atoms. The van der Waals surface area contributed by atoms with E-state index < -0.39 is 5.97 Å². The molecule has 0 aromatic rings. The second kappa shape index (κ2) is 9.03. The topological polar surface area (TPSA) is 44.8 Å². The second-order valence-electron chi connectivity index (χ2n) is 3.92. The Morgan fingerprint density at radius 1 is 1.41 bits per heavy atom. The first kappa shape index (κ1) is 14.0. The smallest absolute Gasteiger partial charge is 0.384 e. The number of rotatable bonds is 5. The van der Waals surface area contributed by atoms with E-state index in [1.165, 1.54) is 13.5 Å². The zero-order chi connectivity index (χ0) is 12.3. The molecule has 4 heteroatoms. The molecule has 1 heterocycles. The van der Waals surface area contributed by atoms with Crippen molar-refractivity contribution in [1.82, 2.24) is 0 Å². The van der Waals surface area contributed by atoms with Crippen LogP contribution in [0.2, 0.25) is 0 Å². The molecule has 0 radical (unpaired) electrons. The lowest BCUT2D eigenvalue weighted by molar-refractivity contribution is -0.162. The molecule has 1 fully saturated rings. The maximum Gasteiger partial charge on any atom is 0.384 e. The molecule has 1 aliphatic rings. The van der Waals surface area contributed by atoms with Gasteiger partial charge in [0.2, 0.25) is 0 Å². The summed E-state index contributed by atoms with van der Waals surface area (Å²) in [6, 6.07) is 0. The third-order valence-electron chi connectivity index (χ3n) is 2.51. The zero-order valence-corrected chi connectivity index (χ0v) is 10.4. The van der Waals surface area contributed by atoms with E-state index in [1.54, 1.807) is 0 Å². The Morgan fingerprint density at radius 3 is 3.00 bits per heavy atom. The predicted octanol–water partition coefficient (Wildman–Crippen LogP) is 1.88. The first-order valence-corrected chi connectivity index (χ1v) is 6.13. The molecular formula is C13H20O4. The highest BCUT2D eigenvalue weighted by Crippen LogP contribution is 2.13. The maximum atomic E-state index is 10.7. The summed E-state index contributed by atoms with van der Waals surface area (Å²) >= 11 is 0. The van der Waals surface area contributed by atoms with Gasteiger partial charge in [0.15, 0.2) is 6.29 Å². The molecule has 0 saturated carbocycles. The van der Waals surface area contributed by atoms with Crippen molar-refractivity contribution in [2.24, 2.45) is 0 Å². The van der Waals surface area contributed by atoms with Crippen molar-refractivity contribution in [3.05, 3.63) is 0 Å². The van der Waals surface area contributed by atoms with Crippen LogP contribution < -0.4 is 0 Å². The third-order valence-corrected chi connectivity index (χ3v) is 2.51. The van der Waals surface area contributed by atoms with E-state index in [9.17, 15) is 4.79 Å². The van der Waals surface area contributed by atoms with Gasteiger partial charge in [0.05, 0.1) is 7.11 Å². The van der Waals surface area contributed by atoms with Crippen molar-refractivity contribution in [1.29, 1.82) is 0 Å². The highest BCUT2D eigenvalue weighted by atomic mass is 16.7. The summed E-state index contributed by atoms with van der Waals surface area (Å²) in [5.74, 6) is 4.68.